The molecule has 2 aromatic rings. The number of amidine groups is 1. The van der Waals surface area contributed by atoms with Crippen LogP contribution in [0.4, 0.5) is 5.69 Å². The molecule has 1 fully saturated rings. The lowest BCUT2D eigenvalue weighted by molar-refractivity contribution is -0.113. The number of phenols is 1. The Labute approximate surface area is 145 Å². The Morgan fingerprint density at radius 2 is 1.83 bits per heavy atom. The number of aromatic hydroxyl groups is 1. The number of aliphatic imine (C=N–C) groups is 1. The maximum Gasteiger partial charge on any atom is 0.271 e. The molecule has 1 heterocycles. The summed E-state index contributed by atoms with van der Waals surface area (Å²) in [6.45, 7) is 2.75. The highest BCUT2D eigenvalue weighted by molar-refractivity contribution is 8.19. The summed E-state index contributed by atoms with van der Waals surface area (Å²) in [6.07, 6.45) is 2.76. The van der Waals surface area contributed by atoms with Gasteiger partial charge >= 0.3 is 0 Å². The van der Waals surface area contributed by atoms with Crippen molar-refractivity contribution in [1.82, 2.24) is 0 Å². The highest BCUT2D eigenvalue weighted by atomic mass is 32.2. The van der Waals surface area contributed by atoms with Gasteiger partial charge in [0.1, 0.15) is 5.75 Å². The number of nitrogens with zero attached hydrogens (tertiary/aromatic N) is 2. The molecule has 2 aromatic carbocycles. The van der Waals surface area contributed by atoms with E-state index in [1.54, 1.807) is 29.2 Å². The minimum absolute atomic E-state index is 0.0749. The summed E-state index contributed by atoms with van der Waals surface area (Å²) in [6, 6.07) is 16.3. The van der Waals surface area contributed by atoms with Crippen molar-refractivity contribution in [3.05, 3.63) is 65.1 Å². The smallest absolute Gasteiger partial charge is 0.271 e. The summed E-state index contributed by atoms with van der Waals surface area (Å²) in [4.78, 5) is 19.7. The highest BCUT2D eigenvalue weighted by Gasteiger charge is 2.34. The average molecular weight is 338 g/mol. The molecule has 4 nitrogen and oxygen atoms in total. The minimum atomic E-state index is -0.0749. The molecule has 0 unspecified atom stereocenters. The molecule has 0 spiro atoms. The quantitative estimate of drug-likeness (QED) is 0.847. The predicted molar refractivity (Wildman–Crippen MR) is 100 cm³/mol. The van der Waals surface area contributed by atoms with Crippen molar-refractivity contribution < 1.29 is 9.90 Å². The van der Waals surface area contributed by atoms with Crippen LogP contribution in [0.5, 0.6) is 5.75 Å². The molecular formula is C19H18N2O2S. The number of benzene rings is 2. The standard InChI is InChI=1S/C19H18N2O2S/c1-2-12-20-19-21(15-6-4-3-5-7-15)18(23)17(24-19)13-14-8-10-16(22)11-9-14/h3-11,13,22H,2,12H2,1H3. The molecule has 0 atom stereocenters. The van der Waals surface area contributed by atoms with E-state index in [1.165, 1.54) is 11.8 Å². The summed E-state index contributed by atoms with van der Waals surface area (Å²) in [5.41, 5.74) is 1.69. The molecular weight excluding hydrogens is 320 g/mol. The van der Waals surface area contributed by atoms with Crippen molar-refractivity contribution in [3.63, 3.8) is 0 Å². The summed E-state index contributed by atoms with van der Waals surface area (Å²) >= 11 is 1.39. The molecule has 1 aliphatic rings. The normalized spacial score (nSPS) is 17.9. The second kappa shape index (κ2) is 7.36. The molecule has 122 valence electrons. The lowest BCUT2D eigenvalue weighted by Crippen LogP contribution is -2.28. The molecule has 24 heavy (non-hydrogen) atoms. The van der Waals surface area contributed by atoms with Crippen LogP contribution in [0.3, 0.4) is 0 Å². The number of rotatable bonds is 4. The SMILES string of the molecule is CCCN=C1SC(=Cc2ccc(O)cc2)C(=O)N1c1ccccc1. The summed E-state index contributed by atoms with van der Waals surface area (Å²) in [7, 11) is 0. The number of carbonyl (C=O) groups excluding carboxylic acids is 1. The van der Waals surface area contributed by atoms with Gasteiger partial charge in [0.15, 0.2) is 5.17 Å². The molecule has 1 amide bonds. The molecule has 0 aliphatic carbocycles. The third-order valence-corrected chi connectivity index (χ3v) is 4.49. The third-order valence-electron chi connectivity index (χ3n) is 3.48. The van der Waals surface area contributed by atoms with Crippen LogP contribution in [0.25, 0.3) is 6.08 Å². The minimum Gasteiger partial charge on any atom is -0.508 e. The van der Waals surface area contributed by atoms with Crippen LogP contribution in [-0.4, -0.2) is 22.7 Å². The number of thioether (sulfide) groups is 1. The molecule has 0 radical (unpaired) electrons. The second-order valence-electron chi connectivity index (χ2n) is 5.34. The van der Waals surface area contributed by atoms with Gasteiger partial charge in [0.05, 0.1) is 10.6 Å². The Balaban J connectivity index is 1.96. The zero-order chi connectivity index (χ0) is 16.9. The molecule has 5 heteroatoms. The Kier molecular flexibility index (Phi) is 5.01. The van der Waals surface area contributed by atoms with Gasteiger partial charge in [0.25, 0.3) is 5.91 Å². The van der Waals surface area contributed by atoms with Crippen molar-refractivity contribution in [2.75, 3.05) is 11.4 Å². The van der Waals surface area contributed by atoms with E-state index in [2.05, 4.69) is 11.9 Å². The van der Waals surface area contributed by atoms with E-state index < -0.39 is 0 Å². The van der Waals surface area contributed by atoms with Gasteiger partial charge in [-0.1, -0.05) is 37.3 Å². The van der Waals surface area contributed by atoms with E-state index in [4.69, 9.17) is 0 Å². The molecule has 0 bridgehead atoms. The summed E-state index contributed by atoms with van der Waals surface area (Å²) < 4.78 is 0. The number of amides is 1. The van der Waals surface area contributed by atoms with Crippen molar-refractivity contribution in [2.45, 2.75) is 13.3 Å². The first-order chi connectivity index (χ1) is 11.7. The first-order valence-corrected chi connectivity index (χ1v) is 8.63. The van der Waals surface area contributed by atoms with E-state index in [-0.39, 0.29) is 11.7 Å². The van der Waals surface area contributed by atoms with E-state index in [1.807, 2.05) is 36.4 Å². The van der Waals surface area contributed by atoms with Gasteiger partial charge in [-0.05, 0) is 54.1 Å². The van der Waals surface area contributed by atoms with Crippen LogP contribution in [0.1, 0.15) is 18.9 Å². The summed E-state index contributed by atoms with van der Waals surface area (Å²) in [5.74, 6) is 0.132. The Morgan fingerprint density at radius 3 is 2.50 bits per heavy atom. The maximum atomic E-state index is 12.9. The van der Waals surface area contributed by atoms with Crippen molar-refractivity contribution in [1.29, 1.82) is 0 Å². The number of para-hydroxylation sites is 1. The average Bonchev–Trinajstić information content (AvgIpc) is 2.91. The maximum absolute atomic E-state index is 12.9. The van der Waals surface area contributed by atoms with Gasteiger partial charge in [-0.3, -0.25) is 14.7 Å². The van der Waals surface area contributed by atoms with Crippen molar-refractivity contribution in [3.8, 4) is 5.75 Å². The Bertz CT molecular complexity index is 783. The fourth-order valence-corrected chi connectivity index (χ4v) is 3.32. The van der Waals surface area contributed by atoms with Crippen LogP contribution < -0.4 is 4.90 Å². The molecule has 0 saturated carbocycles. The lowest BCUT2D eigenvalue weighted by atomic mass is 10.2. The highest BCUT2D eigenvalue weighted by Crippen LogP contribution is 2.36. The summed E-state index contributed by atoms with van der Waals surface area (Å²) in [5, 5.41) is 10.1. The zero-order valence-electron chi connectivity index (χ0n) is 13.3. The van der Waals surface area contributed by atoms with Gasteiger partial charge in [-0.15, -0.1) is 0 Å². The van der Waals surface area contributed by atoms with Crippen LogP contribution in [0, 0.1) is 0 Å². The van der Waals surface area contributed by atoms with Gasteiger partial charge in [0.2, 0.25) is 0 Å². The third kappa shape index (κ3) is 3.51. The topological polar surface area (TPSA) is 52.9 Å². The molecule has 3 rings (SSSR count). The van der Waals surface area contributed by atoms with E-state index in [0.29, 0.717) is 16.6 Å². The monoisotopic (exact) mass is 338 g/mol. The van der Waals surface area contributed by atoms with E-state index >= 15 is 0 Å². The largest absolute Gasteiger partial charge is 0.508 e. The van der Waals surface area contributed by atoms with Crippen LogP contribution in [-0.2, 0) is 4.79 Å². The first-order valence-electron chi connectivity index (χ1n) is 7.81. The first kappa shape index (κ1) is 16.3. The Hall–Kier alpha value is -2.53. The van der Waals surface area contributed by atoms with E-state index in [9.17, 15) is 9.90 Å². The number of hydrogen-bond acceptors (Lipinski definition) is 4. The van der Waals surface area contributed by atoms with Gasteiger partial charge in [0, 0.05) is 6.54 Å². The van der Waals surface area contributed by atoms with Gasteiger partial charge < -0.3 is 5.11 Å². The van der Waals surface area contributed by atoms with Gasteiger partial charge in [-0.25, -0.2) is 0 Å². The number of hydrogen-bond donors (Lipinski definition) is 1. The number of anilines is 1. The fraction of sp³-hybridized carbons (Fsp3) is 0.158. The fourth-order valence-electron chi connectivity index (χ4n) is 2.31. The van der Waals surface area contributed by atoms with E-state index in [0.717, 1.165) is 17.7 Å². The van der Waals surface area contributed by atoms with Crippen molar-refractivity contribution in [2.24, 2.45) is 4.99 Å². The van der Waals surface area contributed by atoms with Crippen LogP contribution >= 0.6 is 11.8 Å². The van der Waals surface area contributed by atoms with Crippen molar-refractivity contribution >= 4 is 34.6 Å². The van der Waals surface area contributed by atoms with Crippen LogP contribution in [0.2, 0.25) is 0 Å². The number of carbonyl (C=O) groups is 1. The zero-order valence-corrected chi connectivity index (χ0v) is 14.2. The predicted octanol–water partition coefficient (Wildman–Crippen LogP) is 4.28. The molecule has 1 saturated heterocycles. The van der Waals surface area contributed by atoms with Gasteiger partial charge in [-0.2, -0.15) is 0 Å². The lowest BCUT2D eigenvalue weighted by Gasteiger charge is -2.15. The molecule has 1 aliphatic heterocycles. The Morgan fingerprint density at radius 1 is 1.12 bits per heavy atom. The van der Waals surface area contributed by atoms with Crippen LogP contribution in [0.15, 0.2) is 64.5 Å². The second-order valence-corrected chi connectivity index (χ2v) is 6.35. The molecule has 0 aromatic heterocycles. The molecule has 1 N–H and O–H groups in total. The number of phenolic OH excluding ortho intramolecular Hbond substituents is 1.